The van der Waals surface area contributed by atoms with Gasteiger partial charge in [-0.05, 0) is 63.5 Å². The fourth-order valence-electron chi connectivity index (χ4n) is 3.90. The molecular formula is C20H31N3O4S. The van der Waals surface area contributed by atoms with Crippen molar-refractivity contribution in [2.75, 3.05) is 44.7 Å². The van der Waals surface area contributed by atoms with Gasteiger partial charge in [0, 0.05) is 19.5 Å². The molecule has 0 atom stereocenters. The Morgan fingerprint density at radius 3 is 2.46 bits per heavy atom. The van der Waals surface area contributed by atoms with Crippen molar-refractivity contribution >= 4 is 21.6 Å². The molecule has 0 aromatic heterocycles. The second kappa shape index (κ2) is 9.71. The molecule has 1 aromatic rings. The van der Waals surface area contributed by atoms with Crippen molar-refractivity contribution in [1.29, 1.82) is 0 Å². The summed E-state index contributed by atoms with van der Waals surface area (Å²) < 4.78 is 33.5. The fraction of sp³-hybridized carbons (Fsp3) is 0.650. The van der Waals surface area contributed by atoms with Crippen molar-refractivity contribution < 1.29 is 17.9 Å². The number of hydrogen-bond acceptors (Lipinski definition) is 5. The van der Waals surface area contributed by atoms with Crippen molar-refractivity contribution in [3.63, 3.8) is 0 Å². The van der Waals surface area contributed by atoms with Crippen molar-refractivity contribution in [2.24, 2.45) is 0 Å². The van der Waals surface area contributed by atoms with Crippen LogP contribution in [0, 0.1) is 0 Å². The lowest BCUT2D eigenvalue weighted by molar-refractivity contribution is -0.117. The van der Waals surface area contributed by atoms with Crippen LogP contribution in [0.5, 0.6) is 5.75 Å². The lowest BCUT2D eigenvalue weighted by Gasteiger charge is -2.20. The number of carbonyl (C=O) groups excluding carboxylic acids is 1. The molecule has 2 saturated heterocycles. The van der Waals surface area contributed by atoms with Gasteiger partial charge in [-0.2, -0.15) is 0 Å². The normalized spacial score (nSPS) is 19.0. The molecule has 7 nitrogen and oxygen atoms in total. The summed E-state index contributed by atoms with van der Waals surface area (Å²) in [5.41, 5.74) is 0.525. The molecule has 2 fully saturated rings. The predicted molar refractivity (Wildman–Crippen MR) is 109 cm³/mol. The molecule has 0 bridgehead atoms. The Bertz CT molecular complexity index is 774. The minimum atomic E-state index is -3.63. The van der Waals surface area contributed by atoms with E-state index in [0.29, 0.717) is 30.9 Å². The third kappa shape index (κ3) is 5.24. The van der Waals surface area contributed by atoms with Gasteiger partial charge < -0.3 is 14.5 Å². The zero-order valence-electron chi connectivity index (χ0n) is 16.7. The molecule has 0 unspecified atom stereocenters. The van der Waals surface area contributed by atoms with E-state index in [1.54, 1.807) is 17.0 Å². The smallest absolute Gasteiger partial charge is 0.240 e. The Labute approximate surface area is 168 Å². The summed E-state index contributed by atoms with van der Waals surface area (Å²) in [6.07, 6.45) is 7.09. The van der Waals surface area contributed by atoms with Gasteiger partial charge in [-0.15, -0.1) is 0 Å². The van der Waals surface area contributed by atoms with Gasteiger partial charge in [0.1, 0.15) is 5.75 Å². The van der Waals surface area contributed by atoms with Gasteiger partial charge in [0.25, 0.3) is 0 Å². The maximum absolute atomic E-state index is 12.7. The highest BCUT2D eigenvalue weighted by molar-refractivity contribution is 7.89. The molecule has 0 spiro atoms. The number of carbonyl (C=O) groups is 1. The van der Waals surface area contributed by atoms with Crippen molar-refractivity contribution in [3.05, 3.63) is 18.2 Å². The number of nitrogens with zero attached hydrogens (tertiary/aromatic N) is 2. The second-order valence-corrected chi connectivity index (χ2v) is 9.26. The number of ether oxygens (including phenoxy) is 1. The highest BCUT2D eigenvalue weighted by Gasteiger charge is 2.26. The minimum absolute atomic E-state index is 0.00161. The molecule has 0 aliphatic carbocycles. The number of sulfonamides is 1. The van der Waals surface area contributed by atoms with Crippen molar-refractivity contribution in [1.82, 2.24) is 9.62 Å². The van der Waals surface area contributed by atoms with E-state index in [2.05, 4.69) is 9.62 Å². The molecular weight excluding hydrogens is 378 g/mol. The third-order valence-electron chi connectivity index (χ3n) is 5.47. The number of likely N-dealkylation sites (tertiary alicyclic amines) is 1. The molecule has 0 radical (unpaired) electrons. The summed E-state index contributed by atoms with van der Waals surface area (Å²) in [6, 6.07) is 4.69. The van der Waals surface area contributed by atoms with Gasteiger partial charge in [0.15, 0.2) is 0 Å². The largest absolute Gasteiger partial charge is 0.495 e. The summed E-state index contributed by atoms with van der Waals surface area (Å²) in [6.45, 7) is 4.13. The monoisotopic (exact) mass is 409 g/mol. The molecule has 0 saturated carbocycles. The Hall–Kier alpha value is -1.64. The average Bonchev–Trinajstić information content (AvgIpc) is 2.95. The Balaban J connectivity index is 1.61. The number of anilines is 1. The number of nitrogens with one attached hydrogen (secondary N) is 1. The Morgan fingerprint density at radius 1 is 1.07 bits per heavy atom. The second-order valence-electron chi connectivity index (χ2n) is 7.49. The standard InChI is InChI=1S/C20H31N3O4S/c1-27-19-10-9-17(16-18(19)23-15-6-8-20(23)24)28(25,26)21-11-7-14-22-12-4-2-3-5-13-22/h9-10,16,21H,2-8,11-15H2,1H3. The Kier molecular flexibility index (Phi) is 7.31. The maximum atomic E-state index is 12.7. The van der Waals surface area contributed by atoms with E-state index in [-0.39, 0.29) is 10.8 Å². The zero-order valence-corrected chi connectivity index (χ0v) is 17.5. The molecule has 156 valence electrons. The lowest BCUT2D eigenvalue weighted by Crippen LogP contribution is -2.31. The first-order valence-electron chi connectivity index (χ1n) is 10.2. The predicted octanol–water partition coefficient (Wildman–Crippen LogP) is 2.37. The maximum Gasteiger partial charge on any atom is 0.240 e. The van der Waals surface area contributed by atoms with Crippen LogP contribution in [-0.4, -0.2) is 59.1 Å². The summed E-state index contributed by atoms with van der Waals surface area (Å²) >= 11 is 0. The fourth-order valence-corrected chi connectivity index (χ4v) is 5.00. The van der Waals surface area contributed by atoms with Gasteiger partial charge in [0.2, 0.25) is 15.9 Å². The first kappa shape index (κ1) is 21.1. The van der Waals surface area contributed by atoms with Gasteiger partial charge in [-0.1, -0.05) is 12.8 Å². The van der Waals surface area contributed by atoms with Crippen LogP contribution in [0.4, 0.5) is 5.69 Å². The van der Waals surface area contributed by atoms with E-state index < -0.39 is 10.0 Å². The molecule has 8 heteroatoms. The number of rotatable bonds is 8. The average molecular weight is 410 g/mol. The molecule has 2 heterocycles. The number of hydrogen-bond donors (Lipinski definition) is 1. The van der Waals surface area contributed by atoms with Crippen LogP contribution >= 0.6 is 0 Å². The number of amides is 1. The van der Waals surface area contributed by atoms with Crippen molar-refractivity contribution in [2.45, 2.75) is 49.8 Å². The lowest BCUT2D eigenvalue weighted by atomic mass is 10.2. The quantitative estimate of drug-likeness (QED) is 0.667. The van der Waals surface area contributed by atoms with Crippen LogP contribution in [-0.2, 0) is 14.8 Å². The molecule has 2 aliphatic rings. The zero-order chi connectivity index (χ0) is 20.0. The minimum Gasteiger partial charge on any atom is -0.495 e. The van der Waals surface area contributed by atoms with E-state index in [0.717, 1.165) is 32.5 Å². The molecule has 28 heavy (non-hydrogen) atoms. The van der Waals surface area contributed by atoms with Gasteiger partial charge in [-0.3, -0.25) is 4.79 Å². The summed E-state index contributed by atoms with van der Waals surface area (Å²) in [7, 11) is -2.10. The van der Waals surface area contributed by atoms with Crippen molar-refractivity contribution in [3.8, 4) is 5.75 Å². The van der Waals surface area contributed by atoms with Gasteiger partial charge in [0.05, 0.1) is 17.7 Å². The highest BCUT2D eigenvalue weighted by Crippen LogP contribution is 2.33. The molecule has 2 aliphatic heterocycles. The van der Waals surface area contributed by atoms with Crippen LogP contribution in [0.1, 0.15) is 44.9 Å². The van der Waals surface area contributed by atoms with Crippen LogP contribution in [0.2, 0.25) is 0 Å². The van der Waals surface area contributed by atoms with Crippen LogP contribution in [0.3, 0.4) is 0 Å². The van der Waals surface area contributed by atoms with Crippen LogP contribution in [0.25, 0.3) is 0 Å². The van der Waals surface area contributed by atoms with E-state index in [1.807, 2.05) is 0 Å². The van der Waals surface area contributed by atoms with E-state index in [1.165, 1.54) is 38.9 Å². The van der Waals surface area contributed by atoms with E-state index in [9.17, 15) is 13.2 Å². The number of benzene rings is 1. The molecule has 1 aromatic carbocycles. The molecule has 3 rings (SSSR count). The van der Waals surface area contributed by atoms with Crippen LogP contribution in [0.15, 0.2) is 23.1 Å². The van der Waals surface area contributed by atoms with Crippen LogP contribution < -0.4 is 14.4 Å². The summed E-state index contributed by atoms with van der Waals surface area (Å²) in [5, 5.41) is 0. The third-order valence-corrected chi connectivity index (χ3v) is 6.93. The van der Waals surface area contributed by atoms with Gasteiger partial charge >= 0.3 is 0 Å². The van der Waals surface area contributed by atoms with E-state index >= 15 is 0 Å². The van der Waals surface area contributed by atoms with E-state index in [4.69, 9.17) is 4.74 Å². The summed E-state index contributed by atoms with van der Waals surface area (Å²) in [4.78, 5) is 16.3. The first-order valence-corrected chi connectivity index (χ1v) is 11.7. The molecule has 1 N–H and O–H groups in total. The Morgan fingerprint density at radius 2 is 1.82 bits per heavy atom. The first-order chi connectivity index (χ1) is 13.5. The van der Waals surface area contributed by atoms with Gasteiger partial charge in [-0.25, -0.2) is 13.1 Å². The SMILES string of the molecule is COc1ccc(S(=O)(=O)NCCCN2CCCCCC2)cc1N1CCCC1=O. The highest BCUT2D eigenvalue weighted by atomic mass is 32.2. The topological polar surface area (TPSA) is 79.0 Å². The number of methoxy groups -OCH3 is 1. The molecule has 1 amide bonds. The summed E-state index contributed by atoms with van der Waals surface area (Å²) in [5.74, 6) is 0.508.